The molecule has 1 aromatic heterocycles. The van der Waals surface area contributed by atoms with Crippen LogP contribution in [0.1, 0.15) is 17.9 Å². The second-order valence-corrected chi connectivity index (χ2v) is 2.98. The Morgan fingerprint density at radius 3 is 3.00 bits per heavy atom. The summed E-state index contributed by atoms with van der Waals surface area (Å²) in [6, 6.07) is 1.67. The SMILES string of the molecule is CCOC(=N)C(O)c1ccns1.Cl. The van der Waals surface area contributed by atoms with Gasteiger partial charge in [-0.1, -0.05) is 0 Å². The molecule has 0 aliphatic rings. The first kappa shape index (κ1) is 12.3. The summed E-state index contributed by atoms with van der Waals surface area (Å²) in [6.45, 7) is 2.17. The third-order valence-corrected chi connectivity index (χ3v) is 2.07. The minimum absolute atomic E-state index is 0. The van der Waals surface area contributed by atoms with Crippen molar-refractivity contribution in [2.24, 2.45) is 0 Å². The first-order valence-corrected chi connectivity index (χ1v) is 4.33. The number of rotatable bonds is 3. The normalized spacial score (nSPS) is 11.5. The molecule has 0 aliphatic carbocycles. The fraction of sp³-hybridized carbons (Fsp3) is 0.429. The number of aromatic nitrogens is 1. The fourth-order valence-electron chi connectivity index (χ4n) is 0.730. The van der Waals surface area contributed by atoms with E-state index >= 15 is 0 Å². The number of aliphatic hydroxyl groups is 1. The third kappa shape index (κ3) is 3.30. The van der Waals surface area contributed by atoms with Crippen LogP contribution >= 0.6 is 23.9 Å². The molecule has 1 atom stereocenters. The monoisotopic (exact) mass is 222 g/mol. The molecule has 0 fully saturated rings. The van der Waals surface area contributed by atoms with Crippen LogP contribution in [0.4, 0.5) is 0 Å². The average Bonchev–Trinajstić information content (AvgIpc) is 2.55. The lowest BCUT2D eigenvalue weighted by molar-refractivity contribution is 0.193. The van der Waals surface area contributed by atoms with Gasteiger partial charge in [-0.15, -0.1) is 12.4 Å². The third-order valence-electron chi connectivity index (χ3n) is 1.28. The van der Waals surface area contributed by atoms with Crippen LogP contribution in [-0.4, -0.2) is 22.0 Å². The molecule has 6 heteroatoms. The molecule has 1 unspecified atom stereocenters. The van der Waals surface area contributed by atoms with Crippen molar-refractivity contribution in [1.29, 1.82) is 5.41 Å². The molecule has 13 heavy (non-hydrogen) atoms. The molecule has 74 valence electrons. The van der Waals surface area contributed by atoms with E-state index < -0.39 is 6.10 Å². The van der Waals surface area contributed by atoms with Crippen molar-refractivity contribution >= 4 is 29.8 Å². The fourth-order valence-corrected chi connectivity index (χ4v) is 1.30. The second-order valence-electron chi connectivity index (χ2n) is 2.11. The van der Waals surface area contributed by atoms with Crippen LogP contribution < -0.4 is 0 Å². The van der Waals surface area contributed by atoms with Gasteiger partial charge in [-0.05, 0) is 24.5 Å². The first-order valence-electron chi connectivity index (χ1n) is 3.55. The lowest BCUT2D eigenvalue weighted by Crippen LogP contribution is -2.13. The highest BCUT2D eigenvalue weighted by Gasteiger charge is 2.15. The van der Waals surface area contributed by atoms with Crippen LogP contribution in [0.5, 0.6) is 0 Å². The Hall–Kier alpha value is -0.650. The van der Waals surface area contributed by atoms with E-state index in [0.29, 0.717) is 11.5 Å². The molecule has 4 nitrogen and oxygen atoms in total. The van der Waals surface area contributed by atoms with Crippen LogP contribution in [0, 0.1) is 5.41 Å². The molecule has 0 aliphatic heterocycles. The first-order chi connectivity index (χ1) is 5.75. The standard InChI is InChI=1S/C7H10N2O2S.ClH/c1-2-11-7(8)6(10)5-3-4-9-12-5;/h3-4,6,8,10H,2H2,1H3;1H. The molecule has 0 saturated carbocycles. The smallest absolute Gasteiger partial charge is 0.215 e. The Bertz CT molecular complexity index is 253. The number of halogens is 1. The maximum Gasteiger partial charge on any atom is 0.215 e. The van der Waals surface area contributed by atoms with Crippen LogP contribution in [0.25, 0.3) is 0 Å². The zero-order chi connectivity index (χ0) is 8.97. The van der Waals surface area contributed by atoms with Gasteiger partial charge in [0, 0.05) is 6.20 Å². The molecule has 2 N–H and O–H groups in total. The van der Waals surface area contributed by atoms with Gasteiger partial charge in [0.25, 0.3) is 0 Å². The number of nitrogens with one attached hydrogen (secondary N) is 1. The van der Waals surface area contributed by atoms with Crippen LogP contribution in [-0.2, 0) is 4.74 Å². The molecule has 0 radical (unpaired) electrons. The highest BCUT2D eigenvalue weighted by molar-refractivity contribution is 7.05. The zero-order valence-corrected chi connectivity index (χ0v) is 8.69. The quantitative estimate of drug-likeness (QED) is 0.603. The van der Waals surface area contributed by atoms with Gasteiger partial charge in [-0.3, -0.25) is 5.41 Å². The highest BCUT2D eigenvalue weighted by atomic mass is 35.5. The van der Waals surface area contributed by atoms with Gasteiger partial charge in [0.05, 0.1) is 11.5 Å². The summed E-state index contributed by atoms with van der Waals surface area (Å²) in [5, 5.41) is 16.7. The van der Waals surface area contributed by atoms with Crippen molar-refractivity contribution in [2.45, 2.75) is 13.0 Å². The summed E-state index contributed by atoms with van der Waals surface area (Å²) in [5.74, 6) is -0.123. The van der Waals surface area contributed by atoms with E-state index in [2.05, 4.69) is 4.37 Å². The molecule has 0 aromatic carbocycles. The van der Waals surface area contributed by atoms with Crippen LogP contribution in [0.3, 0.4) is 0 Å². The van der Waals surface area contributed by atoms with Gasteiger partial charge in [-0.25, -0.2) is 4.37 Å². The number of nitrogens with zero attached hydrogens (tertiary/aromatic N) is 1. The van der Waals surface area contributed by atoms with Gasteiger partial charge in [-0.2, -0.15) is 0 Å². The Morgan fingerprint density at radius 2 is 2.54 bits per heavy atom. The number of ether oxygens (including phenoxy) is 1. The molecule has 0 spiro atoms. The van der Waals surface area contributed by atoms with E-state index in [0.717, 1.165) is 11.5 Å². The van der Waals surface area contributed by atoms with Crippen molar-refractivity contribution in [3.8, 4) is 0 Å². The molecular formula is C7H11ClN2O2S. The molecule has 1 rings (SSSR count). The van der Waals surface area contributed by atoms with Gasteiger partial charge >= 0.3 is 0 Å². The molecule has 1 heterocycles. The van der Waals surface area contributed by atoms with Gasteiger partial charge in [0.2, 0.25) is 5.90 Å². The van der Waals surface area contributed by atoms with Gasteiger partial charge < -0.3 is 9.84 Å². The van der Waals surface area contributed by atoms with Gasteiger partial charge in [0.1, 0.15) is 0 Å². The predicted molar refractivity (Wildman–Crippen MR) is 53.7 cm³/mol. The summed E-state index contributed by atoms with van der Waals surface area (Å²) in [4.78, 5) is 0.633. The largest absolute Gasteiger partial charge is 0.479 e. The van der Waals surface area contributed by atoms with Crippen LogP contribution in [0.15, 0.2) is 12.3 Å². The molecule has 0 saturated heterocycles. The molecule has 0 amide bonds. The van der Waals surface area contributed by atoms with Gasteiger partial charge in [0.15, 0.2) is 6.10 Å². The minimum Gasteiger partial charge on any atom is -0.479 e. The highest BCUT2D eigenvalue weighted by Crippen LogP contribution is 2.17. The summed E-state index contributed by atoms with van der Waals surface area (Å²) in [5.41, 5.74) is 0. The zero-order valence-electron chi connectivity index (χ0n) is 7.06. The summed E-state index contributed by atoms with van der Waals surface area (Å²) in [6.07, 6.45) is 0.625. The summed E-state index contributed by atoms with van der Waals surface area (Å²) >= 11 is 1.16. The predicted octanol–water partition coefficient (Wildman–Crippen LogP) is 1.61. The Morgan fingerprint density at radius 1 is 1.85 bits per heavy atom. The van der Waals surface area contributed by atoms with E-state index in [-0.39, 0.29) is 18.3 Å². The average molecular weight is 223 g/mol. The molecule has 0 bridgehead atoms. The minimum atomic E-state index is -0.961. The maximum atomic E-state index is 9.43. The van der Waals surface area contributed by atoms with E-state index in [1.54, 1.807) is 19.2 Å². The van der Waals surface area contributed by atoms with Crippen molar-refractivity contribution in [3.63, 3.8) is 0 Å². The topological polar surface area (TPSA) is 66.2 Å². The number of hydrogen-bond acceptors (Lipinski definition) is 5. The number of aliphatic hydroxyl groups excluding tert-OH is 1. The Kier molecular flexibility index (Phi) is 5.61. The van der Waals surface area contributed by atoms with Crippen molar-refractivity contribution in [3.05, 3.63) is 17.1 Å². The maximum absolute atomic E-state index is 9.43. The van der Waals surface area contributed by atoms with Crippen molar-refractivity contribution < 1.29 is 9.84 Å². The summed E-state index contributed by atoms with van der Waals surface area (Å²) in [7, 11) is 0. The molecular weight excluding hydrogens is 212 g/mol. The number of hydrogen-bond donors (Lipinski definition) is 2. The lowest BCUT2D eigenvalue weighted by Gasteiger charge is -2.09. The van der Waals surface area contributed by atoms with E-state index in [1.807, 2.05) is 0 Å². The van der Waals surface area contributed by atoms with E-state index in [9.17, 15) is 5.11 Å². The summed E-state index contributed by atoms with van der Waals surface area (Å²) < 4.78 is 8.65. The second kappa shape index (κ2) is 5.90. The van der Waals surface area contributed by atoms with E-state index in [1.165, 1.54) is 0 Å². The Labute approximate surface area is 86.6 Å². The van der Waals surface area contributed by atoms with Crippen molar-refractivity contribution in [2.75, 3.05) is 6.61 Å². The molecule has 1 aromatic rings. The van der Waals surface area contributed by atoms with Crippen LogP contribution in [0.2, 0.25) is 0 Å². The van der Waals surface area contributed by atoms with E-state index in [4.69, 9.17) is 10.1 Å². The Balaban J connectivity index is 0.00000144. The lowest BCUT2D eigenvalue weighted by atomic mass is 10.3. The van der Waals surface area contributed by atoms with Crippen molar-refractivity contribution in [1.82, 2.24) is 4.37 Å².